The summed E-state index contributed by atoms with van der Waals surface area (Å²) in [5, 5.41) is -0.312. The van der Waals surface area contributed by atoms with Crippen LogP contribution in [-0.2, 0) is 9.23 Å². The predicted molar refractivity (Wildman–Crippen MR) is 134 cm³/mol. The summed E-state index contributed by atoms with van der Waals surface area (Å²) in [7, 11) is 7.36. The third-order valence-electron chi connectivity index (χ3n) is 4.98. The van der Waals surface area contributed by atoms with E-state index in [2.05, 4.69) is 41.3 Å². The summed E-state index contributed by atoms with van der Waals surface area (Å²) in [6.45, 7) is 1.83. The minimum Gasteiger partial charge on any atom is -0.342 e. The van der Waals surface area contributed by atoms with Crippen molar-refractivity contribution in [3.8, 4) is 5.69 Å². The number of nitrogens with zero attached hydrogens (tertiary/aromatic N) is 5. The molecular weight excluding hydrogens is 522 g/mol. The van der Waals surface area contributed by atoms with Crippen molar-refractivity contribution in [2.75, 3.05) is 0 Å². The zero-order valence-electron chi connectivity index (χ0n) is 17.3. The molecule has 0 bridgehead atoms. The fourth-order valence-corrected chi connectivity index (χ4v) is 3.94. The molecular formula is C21H15Cl2FN6O2S2. The normalized spacial score (nSPS) is 12.1. The number of aryl methyl sites for hydroxylation is 1. The van der Waals surface area contributed by atoms with Crippen LogP contribution in [0.5, 0.6) is 0 Å². The largest absolute Gasteiger partial charge is 0.342 e. The van der Waals surface area contributed by atoms with Gasteiger partial charge in [-0.1, -0.05) is 24.3 Å². The molecule has 0 aliphatic rings. The zero-order valence-corrected chi connectivity index (χ0v) is 20.5. The van der Waals surface area contributed by atoms with E-state index in [4.69, 9.17) is 21.8 Å². The molecule has 1 N–H and O–H groups in total. The van der Waals surface area contributed by atoms with Gasteiger partial charge in [0.25, 0.3) is 5.56 Å². The Morgan fingerprint density at radius 3 is 2.59 bits per heavy atom. The zero-order chi connectivity index (χ0) is 24.4. The van der Waals surface area contributed by atoms with E-state index >= 15 is 0 Å². The van der Waals surface area contributed by atoms with Crippen LogP contribution in [0.15, 0.2) is 59.9 Å². The standard InChI is InChI=1S/C21H15FN6OS.Cl2OS/c1-11-5-4-7-13-15(11)21(29)28(14-8-3-2-6-12(14)22)20(27-13)18(30)16-17-19(25-9-23-16)26-10-24-17;1-4(2)3/h2-10,18,30H,1H3,(H,23,24,25,26);. The maximum atomic E-state index is 14.8. The molecule has 0 aliphatic carbocycles. The highest BCUT2D eigenvalue weighted by Gasteiger charge is 2.25. The molecule has 0 amide bonds. The monoisotopic (exact) mass is 536 g/mol. The van der Waals surface area contributed by atoms with E-state index in [1.54, 1.807) is 18.2 Å². The van der Waals surface area contributed by atoms with Gasteiger partial charge in [-0.15, -0.1) is 0 Å². The van der Waals surface area contributed by atoms with Crippen LogP contribution in [0.2, 0.25) is 0 Å². The minimum absolute atomic E-state index is 0.101. The number of benzene rings is 2. The SMILES string of the molecule is Cc1cccc2nc(C(S)c3ncnc4nc[nH]c34)n(-c3ccccc3F)c(=O)c12.O=S(Cl)Cl. The highest BCUT2D eigenvalue weighted by Crippen LogP contribution is 2.31. The van der Waals surface area contributed by atoms with Crippen LogP contribution in [0, 0.1) is 12.7 Å². The number of fused-ring (bicyclic) bond motifs is 2. The summed E-state index contributed by atoms with van der Waals surface area (Å²) in [4.78, 5) is 33.8. The molecule has 0 saturated heterocycles. The van der Waals surface area contributed by atoms with Crippen molar-refractivity contribution in [2.45, 2.75) is 12.2 Å². The average molecular weight is 537 g/mol. The van der Waals surface area contributed by atoms with Crippen molar-refractivity contribution in [3.63, 3.8) is 0 Å². The van der Waals surface area contributed by atoms with E-state index in [0.717, 1.165) is 5.56 Å². The lowest BCUT2D eigenvalue weighted by molar-refractivity contribution is 0.611. The third kappa shape index (κ3) is 4.69. The number of aromatic amines is 1. The summed E-state index contributed by atoms with van der Waals surface area (Å²) in [6.07, 6.45) is 2.88. The summed E-state index contributed by atoms with van der Waals surface area (Å²) in [6, 6.07) is 11.5. The average Bonchev–Trinajstić information content (AvgIpc) is 3.28. The number of H-pyrrole nitrogens is 1. The molecule has 0 spiro atoms. The van der Waals surface area contributed by atoms with Gasteiger partial charge in [-0.25, -0.2) is 28.5 Å². The molecule has 3 aromatic heterocycles. The van der Waals surface area contributed by atoms with Crippen molar-refractivity contribution in [3.05, 3.63) is 88.4 Å². The van der Waals surface area contributed by atoms with Gasteiger partial charge >= 0.3 is 0 Å². The maximum absolute atomic E-state index is 14.8. The van der Waals surface area contributed by atoms with Gasteiger partial charge in [0, 0.05) is 21.4 Å². The van der Waals surface area contributed by atoms with Crippen LogP contribution in [0.3, 0.4) is 0 Å². The fraction of sp³-hybridized carbons (Fsp3) is 0.0952. The van der Waals surface area contributed by atoms with Crippen LogP contribution < -0.4 is 5.56 Å². The summed E-state index contributed by atoms with van der Waals surface area (Å²) >= 11 is 4.73. The molecule has 0 fully saturated rings. The van der Waals surface area contributed by atoms with Gasteiger partial charge in [0.15, 0.2) is 5.65 Å². The molecule has 5 aromatic rings. The lowest BCUT2D eigenvalue weighted by Crippen LogP contribution is -2.26. The number of halogens is 3. The molecule has 2 aromatic carbocycles. The van der Waals surface area contributed by atoms with E-state index in [0.29, 0.717) is 27.8 Å². The first-order chi connectivity index (χ1) is 16.3. The molecule has 5 rings (SSSR count). The molecule has 174 valence electrons. The third-order valence-corrected chi connectivity index (χ3v) is 5.46. The van der Waals surface area contributed by atoms with Crippen LogP contribution in [0.4, 0.5) is 4.39 Å². The summed E-state index contributed by atoms with van der Waals surface area (Å²) in [5.41, 5.74) is 2.54. The van der Waals surface area contributed by atoms with Gasteiger partial charge < -0.3 is 4.98 Å². The van der Waals surface area contributed by atoms with Crippen LogP contribution in [0.25, 0.3) is 27.8 Å². The Bertz CT molecular complexity index is 1590. The lowest BCUT2D eigenvalue weighted by Gasteiger charge is -2.19. The number of thiol groups is 1. The van der Waals surface area contributed by atoms with Crippen LogP contribution >= 0.6 is 34.0 Å². The van der Waals surface area contributed by atoms with Crippen molar-refractivity contribution in [2.24, 2.45) is 0 Å². The molecule has 34 heavy (non-hydrogen) atoms. The Balaban J connectivity index is 0.000000636. The summed E-state index contributed by atoms with van der Waals surface area (Å²) in [5.74, 6) is -0.286. The van der Waals surface area contributed by atoms with E-state index in [1.807, 2.05) is 19.1 Å². The number of aromatic nitrogens is 6. The lowest BCUT2D eigenvalue weighted by atomic mass is 10.1. The van der Waals surface area contributed by atoms with E-state index in [1.165, 1.54) is 29.4 Å². The Morgan fingerprint density at radius 1 is 1.12 bits per heavy atom. The van der Waals surface area contributed by atoms with Crippen LogP contribution in [-0.4, -0.2) is 33.7 Å². The fourth-order valence-electron chi connectivity index (χ4n) is 3.58. The summed E-state index contributed by atoms with van der Waals surface area (Å²) < 4.78 is 25.1. The molecule has 3 heterocycles. The molecule has 0 saturated carbocycles. The molecule has 8 nitrogen and oxygen atoms in total. The Kier molecular flexibility index (Phi) is 7.27. The first kappa shape index (κ1) is 24.3. The van der Waals surface area contributed by atoms with Crippen molar-refractivity contribution in [1.82, 2.24) is 29.5 Å². The van der Waals surface area contributed by atoms with Gasteiger partial charge in [-0.3, -0.25) is 9.36 Å². The van der Waals surface area contributed by atoms with Gasteiger partial charge in [0.05, 0.1) is 28.6 Å². The number of hydrogen-bond acceptors (Lipinski definition) is 7. The predicted octanol–water partition coefficient (Wildman–Crippen LogP) is 4.56. The van der Waals surface area contributed by atoms with E-state index in [-0.39, 0.29) is 17.1 Å². The minimum atomic E-state index is -1.67. The highest BCUT2D eigenvalue weighted by atomic mass is 36.0. The van der Waals surface area contributed by atoms with Crippen LogP contribution in [0.1, 0.15) is 22.3 Å². The van der Waals surface area contributed by atoms with Crippen molar-refractivity contribution in [1.29, 1.82) is 0 Å². The topological polar surface area (TPSA) is 106 Å². The van der Waals surface area contributed by atoms with Crippen molar-refractivity contribution >= 4 is 65.3 Å². The molecule has 1 unspecified atom stereocenters. The van der Waals surface area contributed by atoms with Gasteiger partial charge in [-0.05, 0) is 30.7 Å². The highest BCUT2D eigenvalue weighted by molar-refractivity contribution is 8.26. The second-order valence-corrected chi connectivity index (χ2v) is 10.0. The van der Waals surface area contributed by atoms with E-state index in [9.17, 15) is 9.18 Å². The number of hydrogen-bond donors (Lipinski definition) is 2. The first-order valence-electron chi connectivity index (χ1n) is 9.63. The van der Waals surface area contributed by atoms with Crippen molar-refractivity contribution < 1.29 is 8.60 Å². The first-order valence-corrected chi connectivity index (χ1v) is 12.9. The Labute approximate surface area is 209 Å². The number of nitrogens with one attached hydrogen (secondary N) is 1. The quantitative estimate of drug-likeness (QED) is 0.258. The van der Waals surface area contributed by atoms with Gasteiger partial charge in [0.2, 0.25) is 9.23 Å². The van der Waals surface area contributed by atoms with E-state index < -0.39 is 20.3 Å². The van der Waals surface area contributed by atoms with Gasteiger partial charge in [-0.2, -0.15) is 12.6 Å². The number of rotatable bonds is 3. The molecule has 13 heteroatoms. The maximum Gasteiger partial charge on any atom is 0.266 e. The van der Waals surface area contributed by atoms with Gasteiger partial charge in [0.1, 0.15) is 28.7 Å². The molecule has 1 atom stereocenters. The molecule has 0 radical (unpaired) electrons. The number of para-hydroxylation sites is 1. The second-order valence-electron chi connectivity index (χ2n) is 6.98. The smallest absolute Gasteiger partial charge is 0.266 e. The Hall–Kier alpha value is -2.86. The molecule has 0 aliphatic heterocycles. The second kappa shape index (κ2) is 10.2. The number of imidazole rings is 1. The Morgan fingerprint density at radius 2 is 1.85 bits per heavy atom.